The van der Waals surface area contributed by atoms with Crippen LogP contribution in [-0.4, -0.2) is 21.1 Å². The van der Waals surface area contributed by atoms with Crippen molar-refractivity contribution in [1.29, 1.82) is 0 Å². The first-order valence-electron chi connectivity index (χ1n) is 9.13. The van der Waals surface area contributed by atoms with Crippen molar-refractivity contribution < 1.29 is 14.3 Å². The van der Waals surface area contributed by atoms with Gasteiger partial charge in [0, 0.05) is 16.0 Å². The Labute approximate surface area is 174 Å². The summed E-state index contributed by atoms with van der Waals surface area (Å²) < 4.78 is 5.97. The van der Waals surface area contributed by atoms with Gasteiger partial charge in [0.15, 0.2) is 11.7 Å². The number of rotatable bonds is 5. The molecule has 3 N–H and O–H groups in total. The number of amides is 2. The van der Waals surface area contributed by atoms with E-state index in [0.29, 0.717) is 33.7 Å². The van der Waals surface area contributed by atoms with E-state index < -0.39 is 6.03 Å². The minimum Gasteiger partial charge on any atom is -0.443 e. The van der Waals surface area contributed by atoms with Crippen LogP contribution in [-0.2, 0) is 18.6 Å². The summed E-state index contributed by atoms with van der Waals surface area (Å²) in [7, 11) is 0. The molecule has 0 fully saturated rings. The van der Waals surface area contributed by atoms with Gasteiger partial charge in [-0.15, -0.1) is 0 Å². The number of aliphatic hydroxyl groups excluding tert-OH is 1. The number of urea groups is 1. The molecule has 0 bridgehead atoms. The largest absolute Gasteiger partial charge is 0.443 e. The second-order valence-electron chi connectivity index (χ2n) is 7.56. The maximum Gasteiger partial charge on any atom is 0.319 e. The molecule has 3 rings (SSSR count). The van der Waals surface area contributed by atoms with Crippen LogP contribution in [0.5, 0.6) is 0 Å². The monoisotopic (exact) mass is 414 g/mol. The number of halogens is 1. The molecule has 2 amide bonds. The highest BCUT2D eigenvalue weighted by Crippen LogP contribution is 2.31. The summed E-state index contributed by atoms with van der Waals surface area (Å²) in [5.41, 5.74) is 2.22. The number of aliphatic hydroxyl groups is 1. The molecule has 0 aliphatic heterocycles. The number of aromatic nitrogens is 2. The van der Waals surface area contributed by atoms with Crippen molar-refractivity contribution in [2.75, 3.05) is 5.32 Å². The third-order valence-corrected chi connectivity index (χ3v) is 4.33. The number of hydrogen-bond acceptors (Lipinski definition) is 5. The highest BCUT2D eigenvalue weighted by molar-refractivity contribution is 6.30. The zero-order valence-corrected chi connectivity index (χ0v) is 17.2. The highest BCUT2D eigenvalue weighted by atomic mass is 35.5. The van der Waals surface area contributed by atoms with Gasteiger partial charge in [0.05, 0.1) is 30.7 Å². The SMILES string of the molecule is CC(C)(C)c1nc(-c2cccc(Cl)c2)c(CNC(=O)Nc2ccc(CO)nc2)o1. The fourth-order valence-corrected chi connectivity index (χ4v) is 2.77. The van der Waals surface area contributed by atoms with Crippen molar-refractivity contribution in [3.63, 3.8) is 0 Å². The lowest BCUT2D eigenvalue weighted by molar-refractivity contribution is 0.250. The Hall–Kier alpha value is -2.90. The summed E-state index contributed by atoms with van der Waals surface area (Å²) in [5, 5.41) is 15.1. The number of nitrogens with zero attached hydrogens (tertiary/aromatic N) is 2. The molecule has 0 spiro atoms. The molecule has 0 saturated carbocycles. The van der Waals surface area contributed by atoms with Crippen molar-refractivity contribution in [3.8, 4) is 11.3 Å². The van der Waals surface area contributed by atoms with Gasteiger partial charge in [-0.1, -0.05) is 44.5 Å². The van der Waals surface area contributed by atoms with Crippen LogP contribution in [0.25, 0.3) is 11.3 Å². The number of carbonyl (C=O) groups excluding carboxylic acids is 1. The van der Waals surface area contributed by atoms with E-state index in [1.54, 1.807) is 18.2 Å². The molecule has 2 aromatic heterocycles. The topological polar surface area (TPSA) is 100 Å². The van der Waals surface area contributed by atoms with Gasteiger partial charge in [0.2, 0.25) is 0 Å². The lowest BCUT2D eigenvalue weighted by atomic mass is 9.97. The molecule has 0 saturated heterocycles. The molecule has 0 unspecified atom stereocenters. The maximum absolute atomic E-state index is 12.3. The number of benzene rings is 1. The Balaban J connectivity index is 1.76. The minimum atomic E-state index is -0.408. The Morgan fingerprint density at radius 3 is 2.66 bits per heavy atom. The maximum atomic E-state index is 12.3. The van der Waals surface area contributed by atoms with Gasteiger partial charge in [-0.25, -0.2) is 9.78 Å². The zero-order valence-electron chi connectivity index (χ0n) is 16.5. The molecule has 3 aromatic rings. The second-order valence-corrected chi connectivity index (χ2v) is 7.99. The Morgan fingerprint density at radius 2 is 2.03 bits per heavy atom. The van der Waals surface area contributed by atoms with Gasteiger partial charge in [-0.2, -0.15) is 0 Å². The van der Waals surface area contributed by atoms with E-state index in [4.69, 9.17) is 21.1 Å². The Kier molecular flexibility index (Phi) is 6.20. The molecular weight excluding hydrogens is 392 g/mol. The quantitative estimate of drug-likeness (QED) is 0.570. The van der Waals surface area contributed by atoms with E-state index in [-0.39, 0.29) is 18.6 Å². The summed E-state index contributed by atoms with van der Waals surface area (Å²) in [6.45, 7) is 6.02. The average Bonchev–Trinajstić information content (AvgIpc) is 3.12. The fraction of sp³-hybridized carbons (Fsp3) is 0.286. The second kappa shape index (κ2) is 8.63. The number of pyridine rings is 1. The Bertz CT molecular complexity index is 994. The first-order valence-corrected chi connectivity index (χ1v) is 9.51. The van der Waals surface area contributed by atoms with Crippen molar-refractivity contribution >= 4 is 23.3 Å². The van der Waals surface area contributed by atoms with Crippen LogP contribution in [0.3, 0.4) is 0 Å². The van der Waals surface area contributed by atoms with Crippen LogP contribution in [0.15, 0.2) is 47.0 Å². The molecular formula is C21H23ClN4O3. The summed E-state index contributed by atoms with van der Waals surface area (Å²) >= 11 is 6.12. The molecule has 0 atom stereocenters. The average molecular weight is 415 g/mol. The normalized spacial score (nSPS) is 11.3. The van der Waals surface area contributed by atoms with E-state index in [2.05, 4.69) is 20.6 Å². The molecule has 152 valence electrons. The predicted octanol–water partition coefficient (Wildman–Crippen LogP) is 4.50. The number of nitrogens with one attached hydrogen (secondary N) is 2. The van der Waals surface area contributed by atoms with Gasteiger partial charge in [-0.05, 0) is 24.3 Å². The van der Waals surface area contributed by atoms with Crippen LogP contribution in [0.2, 0.25) is 5.02 Å². The van der Waals surface area contributed by atoms with Gasteiger partial charge in [-0.3, -0.25) is 4.98 Å². The highest BCUT2D eigenvalue weighted by Gasteiger charge is 2.24. The van der Waals surface area contributed by atoms with Crippen molar-refractivity contribution in [1.82, 2.24) is 15.3 Å². The van der Waals surface area contributed by atoms with E-state index >= 15 is 0 Å². The fourth-order valence-electron chi connectivity index (χ4n) is 2.58. The molecule has 1 aromatic carbocycles. The van der Waals surface area contributed by atoms with E-state index in [0.717, 1.165) is 5.56 Å². The van der Waals surface area contributed by atoms with Gasteiger partial charge < -0.3 is 20.2 Å². The number of oxazole rings is 1. The van der Waals surface area contributed by atoms with Crippen molar-refractivity contribution in [2.45, 2.75) is 39.3 Å². The van der Waals surface area contributed by atoms with Crippen molar-refractivity contribution in [3.05, 3.63) is 65.0 Å². The van der Waals surface area contributed by atoms with E-state index in [1.165, 1.54) is 6.20 Å². The van der Waals surface area contributed by atoms with Gasteiger partial charge >= 0.3 is 6.03 Å². The number of anilines is 1. The molecule has 8 heteroatoms. The molecule has 0 aliphatic carbocycles. The number of carbonyl (C=O) groups is 1. The van der Waals surface area contributed by atoms with Crippen LogP contribution in [0.1, 0.15) is 38.1 Å². The summed E-state index contributed by atoms with van der Waals surface area (Å²) in [5.74, 6) is 1.12. The summed E-state index contributed by atoms with van der Waals surface area (Å²) in [6, 6.07) is 10.2. The first kappa shape index (κ1) is 20.8. The predicted molar refractivity (Wildman–Crippen MR) is 112 cm³/mol. The van der Waals surface area contributed by atoms with Gasteiger partial charge in [0.25, 0.3) is 0 Å². The standard InChI is InChI=1S/C21H23ClN4O3/c1-21(2,3)19-26-18(13-5-4-6-14(22)9-13)17(29-19)11-24-20(28)25-15-7-8-16(12-27)23-10-15/h4-10,27H,11-12H2,1-3H3,(H2,24,25,28). The smallest absolute Gasteiger partial charge is 0.319 e. The van der Waals surface area contributed by atoms with Crippen LogP contribution in [0, 0.1) is 0 Å². The van der Waals surface area contributed by atoms with Gasteiger partial charge in [0.1, 0.15) is 5.69 Å². The van der Waals surface area contributed by atoms with Crippen LogP contribution >= 0.6 is 11.6 Å². The molecule has 0 aliphatic rings. The van der Waals surface area contributed by atoms with Crippen LogP contribution in [0.4, 0.5) is 10.5 Å². The molecule has 2 heterocycles. The third-order valence-electron chi connectivity index (χ3n) is 4.09. The summed E-state index contributed by atoms with van der Waals surface area (Å²) in [6.07, 6.45) is 1.48. The van der Waals surface area contributed by atoms with E-state index in [9.17, 15) is 4.79 Å². The molecule has 0 radical (unpaired) electrons. The zero-order chi connectivity index (χ0) is 21.0. The van der Waals surface area contributed by atoms with Crippen LogP contribution < -0.4 is 10.6 Å². The third kappa shape index (κ3) is 5.34. The van der Waals surface area contributed by atoms with Crippen molar-refractivity contribution in [2.24, 2.45) is 0 Å². The van der Waals surface area contributed by atoms with E-state index in [1.807, 2.05) is 39.0 Å². The molecule has 29 heavy (non-hydrogen) atoms. The minimum absolute atomic E-state index is 0.152. The Morgan fingerprint density at radius 1 is 1.24 bits per heavy atom. The number of hydrogen-bond donors (Lipinski definition) is 3. The lowest BCUT2D eigenvalue weighted by Crippen LogP contribution is -2.28. The first-order chi connectivity index (χ1) is 13.8. The molecule has 7 nitrogen and oxygen atoms in total. The summed E-state index contributed by atoms with van der Waals surface area (Å²) in [4.78, 5) is 20.9. The lowest BCUT2D eigenvalue weighted by Gasteiger charge is -2.12.